The largest absolute Gasteiger partial charge is 0.484 e. The number of rotatable bonds is 7. The van der Waals surface area contributed by atoms with E-state index in [-0.39, 0.29) is 12.5 Å². The molecule has 0 unspecified atom stereocenters. The van der Waals surface area contributed by atoms with Gasteiger partial charge in [-0.15, -0.1) is 0 Å². The molecule has 1 N–H and O–H groups in total. The first-order valence-corrected chi connectivity index (χ1v) is 6.88. The van der Waals surface area contributed by atoms with E-state index in [2.05, 4.69) is 5.32 Å². The minimum atomic E-state index is -0.421. The van der Waals surface area contributed by atoms with E-state index < -0.39 is 5.97 Å². The van der Waals surface area contributed by atoms with E-state index in [1.165, 1.54) is 6.07 Å². The predicted octanol–water partition coefficient (Wildman–Crippen LogP) is 2.15. The maximum Gasteiger partial charge on any atom is 0.338 e. The van der Waals surface area contributed by atoms with Crippen LogP contribution in [0.1, 0.15) is 23.0 Å². The third-order valence-electron chi connectivity index (χ3n) is 2.75. The maximum absolute atomic E-state index is 11.7. The van der Waals surface area contributed by atoms with Gasteiger partial charge in [-0.05, 0) is 37.3 Å². The highest BCUT2D eigenvalue weighted by Crippen LogP contribution is 2.14. The Morgan fingerprint density at radius 2 is 2.09 bits per heavy atom. The average Bonchev–Trinajstić information content (AvgIpc) is 3.05. The first-order valence-electron chi connectivity index (χ1n) is 6.88. The number of benzene rings is 1. The number of ether oxygens (including phenoxy) is 2. The first kappa shape index (κ1) is 15.6. The highest BCUT2D eigenvalue weighted by Gasteiger charge is 2.08. The molecule has 0 saturated carbocycles. The second-order valence-corrected chi connectivity index (χ2v) is 4.39. The summed E-state index contributed by atoms with van der Waals surface area (Å²) in [6.07, 6.45) is 1.54. The molecule has 0 aliphatic rings. The van der Waals surface area contributed by atoms with Crippen LogP contribution < -0.4 is 10.1 Å². The molecule has 6 heteroatoms. The second kappa shape index (κ2) is 7.87. The molecule has 0 bridgehead atoms. The van der Waals surface area contributed by atoms with E-state index in [1.807, 2.05) is 0 Å². The van der Waals surface area contributed by atoms with Crippen LogP contribution in [0.4, 0.5) is 0 Å². The smallest absolute Gasteiger partial charge is 0.338 e. The molecule has 0 fully saturated rings. The van der Waals surface area contributed by atoms with E-state index in [4.69, 9.17) is 13.9 Å². The third kappa shape index (κ3) is 4.66. The van der Waals surface area contributed by atoms with Crippen LogP contribution >= 0.6 is 0 Å². The number of hydrogen-bond donors (Lipinski definition) is 1. The number of nitrogens with one attached hydrogen (secondary N) is 1. The molecule has 1 aromatic carbocycles. The summed E-state index contributed by atoms with van der Waals surface area (Å²) >= 11 is 0. The van der Waals surface area contributed by atoms with Crippen LogP contribution in [0.2, 0.25) is 0 Å². The highest BCUT2D eigenvalue weighted by atomic mass is 16.5. The van der Waals surface area contributed by atoms with Crippen LogP contribution in [0.25, 0.3) is 0 Å². The standard InChI is InChI=1S/C16H17NO5/c1-2-20-16(19)12-5-3-6-13(9-12)22-11-15(18)17-10-14-7-4-8-21-14/h3-9H,2,10-11H2,1H3,(H,17,18). The van der Waals surface area contributed by atoms with Crippen LogP contribution in [0.3, 0.4) is 0 Å². The fourth-order valence-electron chi connectivity index (χ4n) is 1.73. The SMILES string of the molecule is CCOC(=O)c1cccc(OCC(=O)NCc2ccco2)c1. The molecule has 1 heterocycles. The van der Waals surface area contributed by atoms with Gasteiger partial charge in [0.1, 0.15) is 11.5 Å². The molecule has 22 heavy (non-hydrogen) atoms. The van der Waals surface area contributed by atoms with Crippen molar-refractivity contribution < 1.29 is 23.5 Å². The summed E-state index contributed by atoms with van der Waals surface area (Å²) < 4.78 is 15.4. The van der Waals surface area contributed by atoms with Crippen LogP contribution in [-0.4, -0.2) is 25.1 Å². The van der Waals surface area contributed by atoms with Crippen molar-refractivity contribution in [3.8, 4) is 5.75 Å². The number of furan rings is 1. The maximum atomic E-state index is 11.7. The molecule has 0 saturated heterocycles. The normalized spacial score (nSPS) is 10.0. The van der Waals surface area contributed by atoms with Gasteiger partial charge in [-0.1, -0.05) is 6.07 Å². The van der Waals surface area contributed by atoms with Gasteiger partial charge in [0.05, 0.1) is 25.0 Å². The fourth-order valence-corrected chi connectivity index (χ4v) is 1.73. The summed E-state index contributed by atoms with van der Waals surface area (Å²) in [5, 5.41) is 2.66. The van der Waals surface area contributed by atoms with Crippen LogP contribution in [-0.2, 0) is 16.1 Å². The molecule has 116 valence electrons. The van der Waals surface area contributed by atoms with Crippen LogP contribution in [0.5, 0.6) is 5.75 Å². The van der Waals surface area contributed by atoms with E-state index in [0.29, 0.717) is 30.2 Å². The number of carbonyl (C=O) groups excluding carboxylic acids is 2. The van der Waals surface area contributed by atoms with Crippen molar-refractivity contribution in [3.05, 3.63) is 54.0 Å². The summed E-state index contributed by atoms with van der Waals surface area (Å²) in [6, 6.07) is 10.0. The van der Waals surface area contributed by atoms with Crippen LogP contribution in [0, 0.1) is 0 Å². The van der Waals surface area contributed by atoms with E-state index >= 15 is 0 Å². The van der Waals surface area contributed by atoms with Crippen LogP contribution in [0.15, 0.2) is 47.1 Å². The Morgan fingerprint density at radius 1 is 1.23 bits per heavy atom. The Labute approximate surface area is 128 Å². The molecule has 0 aliphatic heterocycles. The molecular formula is C16H17NO5. The fraction of sp³-hybridized carbons (Fsp3) is 0.250. The van der Waals surface area contributed by atoms with Gasteiger partial charge in [0.25, 0.3) is 5.91 Å². The zero-order chi connectivity index (χ0) is 15.8. The number of carbonyl (C=O) groups is 2. The molecule has 0 aliphatic carbocycles. The zero-order valence-corrected chi connectivity index (χ0v) is 12.2. The molecular weight excluding hydrogens is 286 g/mol. The molecule has 6 nitrogen and oxygen atoms in total. The summed E-state index contributed by atoms with van der Waals surface area (Å²) in [4.78, 5) is 23.3. The van der Waals surface area contributed by atoms with Gasteiger partial charge >= 0.3 is 5.97 Å². The van der Waals surface area contributed by atoms with Gasteiger partial charge in [-0.2, -0.15) is 0 Å². The van der Waals surface area contributed by atoms with E-state index in [1.54, 1.807) is 43.5 Å². The monoisotopic (exact) mass is 303 g/mol. The lowest BCUT2D eigenvalue weighted by atomic mass is 10.2. The van der Waals surface area contributed by atoms with Crippen molar-refractivity contribution in [1.82, 2.24) is 5.32 Å². The van der Waals surface area contributed by atoms with E-state index in [0.717, 1.165) is 0 Å². The first-order chi connectivity index (χ1) is 10.7. The van der Waals surface area contributed by atoms with Crippen molar-refractivity contribution in [2.24, 2.45) is 0 Å². The summed E-state index contributed by atoms with van der Waals surface area (Å²) in [5.41, 5.74) is 0.385. The topological polar surface area (TPSA) is 77.8 Å². The van der Waals surface area contributed by atoms with Crippen molar-refractivity contribution in [2.75, 3.05) is 13.2 Å². The quantitative estimate of drug-likeness (QED) is 0.793. The number of amides is 1. The van der Waals surface area contributed by atoms with Crippen molar-refractivity contribution >= 4 is 11.9 Å². The van der Waals surface area contributed by atoms with Crippen molar-refractivity contribution in [3.63, 3.8) is 0 Å². The summed E-state index contributed by atoms with van der Waals surface area (Å²) in [6.45, 7) is 2.20. The minimum absolute atomic E-state index is 0.146. The predicted molar refractivity (Wildman–Crippen MR) is 78.4 cm³/mol. The summed E-state index contributed by atoms with van der Waals surface area (Å²) in [5.74, 6) is 0.393. The third-order valence-corrected chi connectivity index (χ3v) is 2.75. The average molecular weight is 303 g/mol. The number of esters is 1. The second-order valence-electron chi connectivity index (χ2n) is 4.39. The van der Waals surface area contributed by atoms with Gasteiger partial charge in [0.2, 0.25) is 0 Å². The Kier molecular flexibility index (Phi) is 5.59. The lowest BCUT2D eigenvalue weighted by molar-refractivity contribution is -0.123. The Morgan fingerprint density at radius 3 is 2.82 bits per heavy atom. The van der Waals surface area contributed by atoms with E-state index in [9.17, 15) is 9.59 Å². The highest BCUT2D eigenvalue weighted by molar-refractivity contribution is 5.89. The van der Waals surface area contributed by atoms with Gasteiger partial charge in [-0.25, -0.2) is 4.79 Å². The minimum Gasteiger partial charge on any atom is -0.484 e. The van der Waals surface area contributed by atoms with Crippen molar-refractivity contribution in [2.45, 2.75) is 13.5 Å². The Bertz CT molecular complexity index is 621. The molecule has 1 amide bonds. The van der Waals surface area contributed by atoms with Gasteiger partial charge < -0.3 is 19.2 Å². The van der Waals surface area contributed by atoms with Gasteiger partial charge in [0.15, 0.2) is 6.61 Å². The van der Waals surface area contributed by atoms with Gasteiger partial charge in [0, 0.05) is 0 Å². The van der Waals surface area contributed by atoms with Crippen molar-refractivity contribution in [1.29, 1.82) is 0 Å². The molecule has 0 atom stereocenters. The molecule has 2 rings (SSSR count). The zero-order valence-electron chi connectivity index (χ0n) is 12.2. The lowest BCUT2D eigenvalue weighted by Crippen LogP contribution is -2.28. The summed E-state index contributed by atoms with van der Waals surface area (Å²) in [7, 11) is 0. The Hall–Kier alpha value is -2.76. The lowest BCUT2D eigenvalue weighted by Gasteiger charge is -2.08. The number of hydrogen-bond acceptors (Lipinski definition) is 5. The molecule has 0 radical (unpaired) electrons. The Balaban J connectivity index is 1.82. The van der Waals surface area contributed by atoms with Gasteiger partial charge in [-0.3, -0.25) is 4.79 Å². The molecule has 0 spiro atoms. The molecule has 2 aromatic rings. The molecule has 1 aromatic heterocycles.